The van der Waals surface area contributed by atoms with Gasteiger partial charge in [-0.1, -0.05) is 26.0 Å². The lowest BCUT2D eigenvalue weighted by Gasteiger charge is -2.29. The number of aromatic nitrogens is 1. The minimum Gasteiger partial charge on any atom is -0.497 e. The maximum atomic E-state index is 5.46. The number of hydrogen-bond donors (Lipinski definition) is 2. The van der Waals surface area contributed by atoms with Crippen molar-refractivity contribution in [2.75, 3.05) is 33.3 Å². The third-order valence-electron chi connectivity index (χ3n) is 5.40. The number of thiazole rings is 1. The molecule has 1 atom stereocenters. The summed E-state index contributed by atoms with van der Waals surface area (Å²) in [5.41, 5.74) is 2.43. The van der Waals surface area contributed by atoms with E-state index in [1.807, 2.05) is 6.07 Å². The molecule has 1 aliphatic heterocycles. The zero-order valence-electron chi connectivity index (χ0n) is 18.6. The molecule has 2 aromatic rings. The van der Waals surface area contributed by atoms with Crippen LogP contribution in [0.5, 0.6) is 5.75 Å². The number of nitrogens with zero attached hydrogens (tertiary/aromatic N) is 3. The number of nitrogens with one attached hydrogen (secondary N) is 2. The first-order valence-corrected chi connectivity index (χ1v) is 11.8. The lowest BCUT2D eigenvalue weighted by molar-refractivity contribution is 0.245. The Morgan fingerprint density at radius 2 is 2.07 bits per heavy atom. The largest absolute Gasteiger partial charge is 0.497 e. The van der Waals surface area contributed by atoms with Gasteiger partial charge in [-0.05, 0) is 56.5 Å². The average molecular weight is 430 g/mol. The molecule has 30 heavy (non-hydrogen) atoms. The molecule has 0 radical (unpaired) electrons. The van der Waals surface area contributed by atoms with E-state index < -0.39 is 0 Å². The fourth-order valence-electron chi connectivity index (χ4n) is 3.70. The summed E-state index contributed by atoms with van der Waals surface area (Å²) in [6.07, 6.45) is 2.52. The summed E-state index contributed by atoms with van der Waals surface area (Å²) in [5.74, 6) is 2.20. The highest BCUT2D eigenvalue weighted by atomic mass is 32.1. The van der Waals surface area contributed by atoms with E-state index in [4.69, 9.17) is 14.7 Å². The molecule has 0 spiro atoms. The molecule has 0 saturated carbocycles. The Bertz CT molecular complexity index is 813. The van der Waals surface area contributed by atoms with Gasteiger partial charge in [-0.25, -0.2) is 9.98 Å². The van der Waals surface area contributed by atoms with Crippen molar-refractivity contribution in [2.45, 2.75) is 52.1 Å². The van der Waals surface area contributed by atoms with Gasteiger partial charge in [-0.3, -0.25) is 4.90 Å². The molecular weight excluding hydrogens is 394 g/mol. The number of rotatable bonds is 9. The maximum absolute atomic E-state index is 5.46. The van der Waals surface area contributed by atoms with E-state index in [0.717, 1.165) is 48.6 Å². The zero-order chi connectivity index (χ0) is 21.3. The predicted molar refractivity (Wildman–Crippen MR) is 126 cm³/mol. The highest BCUT2D eigenvalue weighted by molar-refractivity contribution is 7.09. The van der Waals surface area contributed by atoms with Crippen LogP contribution in [0.1, 0.15) is 61.8 Å². The van der Waals surface area contributed by atoms with Gasteiger partial charge in [0.25, 0.3) is 0 Å². The third-order valence-corrected chi connectivity index (χ3v) is 6.25. The van der Waals surface area contributed by atoms with Gasteiger partial charge in [-0.2, -0.15) is 0 Å². The van der Waals surface area contributed by atoms with E-state index in [2.05, 4.69) is 59.9 Å². The monoisotopic (exact) mass is 429 g/mol. The molecule has 1 fully saturated rings. The highest BCUT2D eigenvalue weighted by Crippen LogP contribution is 2.27. The Morgan fingerprint density at radius 1 is 1.27 bits per heavy atom. The van der Waals surface area contributed by atoms with Crippen LogP contribution in [0.15, 0.2) is 34.6 Å². The Labute approximate surface area is 184 Å². The van der Waals surface area contributed by atoms with E-state index in [0.29, 0.717) is 18.5 Å². The van der Waals surface area contributed by atoms with Crippen LogP contribution in [0, 0.1) is 0 Å². The molecule has 0 amide bonds. The molecule has 1 unspecified atom stereocenters. The number of methoxy groups -OCH3 is 1. The second kappa shape index (κ2) is 11.3. The van der Waals surface area contributed by atoms with Gasteiger partial charge in [-0.15, -0.1) is 11.3 Å². The Morgan fingerprint density at radius 3 is 2.73 bits per heavy atom. The molecule has 0 bridgehead atoms. The smallest absolute Gasteiger partial charge is 0.191 e. The van der Waals surface area contributed by atoms with Gasteiger partial charge in [0.05, 0.1) is 25.4 Å². The van der Waals surface area contributed by atoms with Crippen LogP contribution >= 0.6 is 11.3 Å². The summed E-state index contributed by atoms with van der Waals surface area (Å²) in [5, 5.41) is 10.1. The Kier molecular flexibility index (Phi) is 8.51. The van der Waals surface area contributed by atoms with Crippen molar-refractivity contribution >= 4 is 17.3 Å². The predicted octanol–water partition coefficient (Wildman–Crippen LogP) is 4.17. The lowest BCUT2D eigenvalue weighted by Crippen LogP contribution is -2.42. The standard InChI is InChI=1S/C23H35N5OS/c1-5-24-23(26-15-22-27-20(16-30-22)17(2)3)25-14-21(28-11-6-7-12-28)18-9-8-10-19(13-18)29-4/h8-10,13,16-17,21H,5-7,11-12,14-15H2,1-4H3,(H2,24,25,26). The summed E-state index contributed by atoms with van der Waals surface area (Å²) >= 11 is 1.69. The minimum atomic E-state index is 0.291. The molecule has 6 nitrogen and oxygen atoms in total. The first-order chi connectivity index (χ1) is 14.6. The summed E-state index contributed by atoms with van der Waals surface area (Å²) < 4.78 is 5.46. The van der Waals surface area contributed by atoms with Crippen molar-refractivity contribution in [1.82, 2.24) is 20.5 Å². The van der Waals surface area contributed by atoms with Crippen molar-refractivity contribution in [2.24, 2.45) is 4.99 Å². The lowest BCUT2D eigenvalue weighted by atomic mass is 10.1. The van der Waals surface area contributed by atoms with Gasteiger partial charge >= 0.3 is 0 Å². The quantitative estimate of drug-likeness (QED) is 0.463. The fourth-order valence-corrected chi connectivity index (χ4v) is 4.58. The third kappa shape index (κ3) is 6.19. The Balaban J connectivity index is 1.69. The number of likely N-dealkylation sites (tertiary alicyclic amines) is 1. The molecule has 2 heterocycles. The summed E-state index contributed by atoms with van der Waals surface area (Å²) in [4.78, 5) is 12.0. The van der Waals surface area contributed by atoms with E-state index in [9.17, 15) is 0 Å². The van der Waals surface area contributed by atoms with Crippen molar-refractivity contribution < 1.29 is 4.74 Å². The Hall–Kier alpha value is -2.12. The molecule has 7 heteroatoms. The topological polar surface area (TPSA) is 61.8 Å². The van der Waals surface area contributed by atoms with E-state index >= 15 is 0 Å². The van der Waals surface area contributed by atoms with Crippen molar-refractivity contribution in [3.63, 3.8) is 0 Å². The number of guanidine groups is 1. The first kappa shape index (κ1) is 22.6. The van der Waals surface area contributed by atoms with E-state index in [-0.39, 0.29) is 0 Å². The number of ether oxygens (including phenoxy) is 1. The normalized spacial score (nSPS) is 16.1. The number of aliphatic imine (C=N–C) groups is 1. The van der Waals surface area contributed by atoms with Gasteiger partial charge < -0.3 is 15.4 Å². The average Bonchev–Trinajstić information content (AvgIpc) is 3.45. The molecule has 0 aliphatic carbocycles. The van der Waals surface area contributed by atoms with Crippen LogP contribution in [0.25, 0.3) is 0 Å². The highest BCUT2D eigenvalue weighted by Gasteiger charge is 2.24. The molecule has 1 aromatic heterocycles. The minimum absolute atomic E-state index is 0.291. The number of benzene rings is 1. The second-order valence-corrected chi connectivity index (χ2v) is 8.88. The first-order valence-electron chi connectivity index (χ1n) is 10.9. The van der Waals surface area contributed by atoms with Crippen LogP contribution in [-0.4, -0.2) is 49.1 Å². The van der Waals surface area contributed by atoms with Gasteiger partial charge in [0.15, 0.2) is 5.96 Å². The van der Waals surface area contributed by atoms with E-state index in [1.165, 1.54) is 18.4 Å². The molecular formula is C23H35N5OS. The summed E-state index contributed by atoms with van der Waals surface area (Å²) in [7, 11) is 1.72. The summed E-state index contributed by atoms with van der Waals surface area (Å²) in [6.45, 7) is 10.9. The summed E-state index contributed by atoms with van der Waals surface area (Å²) in [6, 6.07) is 8.71. The molecule has 1 aromatic carbocycles. The van der Waals surface area contributed by atoms with Crippen molar-refractivity contribution in [3.05, 3.63) is 45.9 Å². The molecule has 2 N–H and O–H groups in total. The van der Waals surface area contributed by atoms with Gasteiger partial charge in [0.2, 0.25) is 0 Å². The van der Waals surface area contributed by atoms with Gasteiger partial charge in [0, 0.05) is 18.5 Å². The zero-order valence-corrected chi connectivity index (χ0v) is 19.5. The van der Waals surface area contributed by atoms with Crippen LogP contribution in [0.2, 0.25) is 0 Å². The maximum Gasteiger partial charge on any atom is 0.191 e. The van der Waals surface area contributed by atoms with Crippen LogP contribution in [0.4, 0.5) is 0 Å². The molecule has 3 rings (SSSR count). The van der Waals surface area contributed by atoms with Crippen LogP contribution in [-0.2, 0) is 6.54 Å². The molecule has 164 valence electrons. The fraction of sp³-hybridized carbons (Fsp3) is 0.565. The second-order valence-electron chi connectivity index (χ2n) is 7.93. The molecule has 1 saturated heterocycles. The van der Waals surface area contributed by atoms with Crippen molar-refractivity contribution in [3.8, 4) is 5.75 Å². The SMILES string of the molecule is CCNC(=NCc1nc(C(C)C)cs1)NCC(c1cccc(OC)c1)N1CCCC1. The van der Waals surface area contributed by atoms with Crippen LogP contribution in [0.3, 0.4) is 0 Å². The number of hydrogen-bond acceptors (Lipinski definition) is 5. The van der Waals surface area contributed by atoms with Crippen molar-refractivity contribution in [1.29, 1.82) is 0 Å². The molecule has 1 aliphatic rings. The van der Waals surface area contributed by atoms with Crippen LogP contribution < -0.4 is 15.4 Å². The van der Waals surface area contributed by atoms with Gasteiger partial charge in [0.1, 0.15) is 10.8 Å². The van der Waals surface area contributed by atoms with E-state index in [1.54, 1.807) is 18.4 Å².